The van der Waals surface area contributed by atoms with E-state index < -0.39 is 16.9 Å². The zero-order chi connectivity index (χ0) is 20.4. The van der Waals surface area contributed by atoms with Crippen molar-refractivity contribution in [3.63, 3.8) is 0 Å². The summed E-state index contributed by atoms with van der Waals surface area (Å²) in [5.41, 5.74) is 2.32. The molecule has 0 saturated carbocycles. The van der Waals surface area contributed by atoms with Crippen LogP contribution in [0.5, 0.6) is 0 Å². The van der Waals surface area contributed by atoms with Gasteiger partial charge in [0.25, 0.3) is 5.69 Å². The molecule has 2 aromatic carbocycles. The maximum atomic E-state index is 13.0. The number of nitrogens with one attached hydrogen (secondary N) is 1. The molecule has 1 aliphatic rings. The van der Waals surface area contributed by atoms with Gasteiger partial charge in [0, 0.05) is 12.1 Å². The van der Waals surface area contributed by atoms with E-state index in [9.17, 15) is 14.9 Å². The van der Waals surface area contributed by atoms with Crippen LogP contribution in [-0.2, 0) is 16.1 Å². The molecule has 0 spiro atoms. The molecule has 2 heterocycles. The molecule has 1 N–H and O–H groups in total. The number of nitro benzene ring substituents is 1. The van der Waals surface area contributed by atoms with E-state index in [1.54, 1.807) is 19.1 Å². The van der Waals surface area contributed by atoms with E-state index in [-0.39, 0.29) is 12.3 Å². The number of fused-ring (bicyclic) bond motifs is 1. The Bertz CT molecular complexity index is 1090. The zero-order valence-corrected chi connectivity index (χ0v) is 15.3. The Labute approximate surface area is 165 Å². The standard InChI is InChI=1S/C19H16N6O4/c1-12-16(18(26)29-11-13-5-3-2-4-6-13)17(20-19-21-22-23-24(12)19)14-7-9-15(10-8-14)25(27)28/h2-10,17H,11H2,1H3,(H,20,21,23). The number of non-ortho nitro benzene ring substituents is 1. The Kier molecular flexibility index (Phi) is 4.73. The summed E-state index contributed by atoms with van der Waals surface area (Å²) in [5, 5.41) is 25.5. The predicted octanol–water partition coefficient (Wildman–Crippen LogP) is 2.72. The van der Waals surface area contributed by atoms with Crippen LogP contribution in [0.1, 0.15) is 24.1 Å². The fraction of sp³-hybridized carbons (Fsp3) is 0.158. The monoisotopic (exact) mass is 392 g/mol. The van der Waals surface area contributed by atoms with Crippen molar-refractivity contribution in [3.05, 3.63) is 81.4 Å². The fourth-order valence-electron chi connectivity index (χ4n) is 3.13. The first-order valence-corrected chi connectivity index (χ1v) is 8.76. The van der Waals surface area contributed by atoms with Gasteiger partial charge in [0.05, 0.1) is 22.2 Å². The first-order valence-electron chi connectivity index (χ1n) is 8.76. The van der Waals surface area contributed by atoms with Crippen LogP contribution in [0.2, 0.25) is 0 Å². The summed E-state index contributed by atoms with van der Waals surface area (Å²) in [6, 6.07) is 14.7. The van der Waals surface area contributed by atoms with Crippen molar-refractivity contribution < 1.29 is 14.5 Å². The molecule has 0 amide bonds. The molecule has 1 aromatic heterocycles. The Morgan fingerprint density at radius 3 is 2.62 bits per heavy atom. The molecule has 0 saturated heterocycles. The highest BCUT2D eigenvalue weighted by Gasteiger charge is 2.33. The van der Waals surface area contributed by atoms with E-state index >= 15 is 0 Å². The van der Waals surface area contributed by atoms with E-state index in [1.165, 1.54) is 16.8 Å². The maximum Gasteiger partial charge on any atom is 0.338 e. The molecule has 1 aliphatic heterocycles. The average molecular weight is 392 g/mol. The second-order valence-electron chi connectivity index (χ2n) is 6.40. The molecular formula is C19H16N6O4. The number of aromatic nitrogens is 4. The molecule has 3 aromatic rings. The van der Waals surface area contributed by atoms with Crippen molar-refractivity contribution in [2.24, 2.45) is 0 Å². The maximum absolute atomic E-state index is 13.0. The SMILES string of the molecule is CC1=C(C(=O)OCc2ccccc2)C(c2ccc([N+](=O)[O-])cc2)Nc2nnnn21. The lowest BCUT2D eigenvalue weighted by molar-refractivity contribution is -0.384. The molecule has 0 fully saturated rings. The first-order chi connectivity index (χ1) is 14.0. The summed E-state index contributed by atoms with van der Waals surface area (Å²) < 4.78 is 6.93. The van der Waals surface area contributed by atoms with Gasteiger partial charge in [-0.3, -0.25) is 10.1 Å². The number of esters is 1. The number of carbonyl (C=O) groups is 1. The van der Waals surface area contributed by atoms with Crippen LogP contribution < -0.4 is 5.32 Å². The van der Waals surface area contributed by atoms with Gasteiger partial charge in [-0.05, 0) is 40.6 Å². The number of rotatable bonds is 5. The topological polar surface area (TPSA) is 125 Å². The van der Waals surface area contributed by atoms with Crippen molar-refractivity contribution in [2.45, 2.75) is 19.6 Å². The van der Waals surface area contributed by atoms with Crippen molar-refractivity contribution in [1.82, 2.24) is 20.2 Å². The van der Waals surface area contributed by atoms with Crippen molar-refractivity contribution in [1.29, 1.82) is 0 Å². The van der Waals surface area contributed by atoms with E-state index in [0.717, 1.165) is 5.56 Å². The van der Waals surface area contributed by atoms with E-state index in [1.807, 2.05) is 30.3 Å². The van der Waals surface area contributed by atoms with Gasteiger partial charge in [0.2, 0.25) is 5.95 Å². The van der Waals surface area contributed by atoms with Crippen LogP contribution in [0, 0.1) is 10.1 Å². The summed E-state index contributed by atoms with van der Waals surface area (Å²) in [5.74, 6) is -0.159. The second kappa shape index (κ2) is 7.50. The normalized spacial score (nSPS) is 15.4. The molecule has 10 nitrogen and oxygen atoms in total. The molecule has 10 heteroatoms. The number of tetrazole rings is 1. The van der Waals surface area contributed by atoms with Gasteiger partial charge in [0.15, 0.2) is 0 Å². The molecule has 4 rings (SSSR count). The lowest BCUT2D eigenvalue weighted by Crippen LogP contribution is -2.28. The number of allylic oxidation sites excluding steroid dienone is 1. The summed E-state index contributed by atoms with van der Waals surface area (Å²) in [7, 11) is 0. The number of carbonyl (C=O) groups excluding carboxylic acids is 1. The molecule has 0 aliphatic carbocycles. The van der Waals surface area contributed by atoms with Crippen LogP contribution >= 0.6 is 0 Å². The third kappa shape index (κ3) is 3.55. The fourth-order valence-corrected chi connectivity index (χ4v) is 3.13. The lowest BCUT2D eigenvalue weighted by atomic mass is 9.95. The molecule has 1 atom stereocenters. The second-order valence-corrected chi connectivity index (χ2v) is 6.40. The van der Waals surface area contributed by atoms with Gasteiger partial charge in [-0.1, -0.05) is 35.4 Å². The van der Waals surface area contributed by atoms with Gasteiger partial charge >= 0.3 is 5.97 Å². The Balaban J connectivity index is 1.67. The number of ether oxygens (including phenoxy) is 1. The number of anilines is 1. The Morgan fingerprint density at radius 1 is 1.21 bits per heavy atom. The first kappa shape index (κ1) is 18.3. The Morgan fingerprint density at radius 2 is 1.93 bits per heavy atom. The number of hydrogen-bond acceptors (Lipinski definition) is 8. The summed E-state index contributed by atoms with van der Waals surface area (Å²) >= 11 is 0. The van der Waals surface area contributed by atoms with Crippen LogP contribution in [0.25, 0.3) is 5.70 Å². The minimum absolute atomic E-state index is 0.0386. The van der Waals surface area contributed by atoms with Crippen LogP contribution in [-0.4, -0.2) is 31.1 Å². The molecular weight excluding hydrogens is 376 g/mol. The van der Waals surface area contributed by atoms with Crippen molar-refractivity contribution in [2.75, 3.05) is 5.32 Å². The molecule has 1 unspecified atom stereocenters. The molecule has 0 bridgehead atoms. The average Bonchev–Trinajstić information content (AvgIpc) is 3.22. The minimum Gasteiger partial charge on any atom is -0.457 e. The predicted molar refractivity (Wildman–Crippen MR) is 102 cm³/mol. The number of benzene rings is 2. The summed E-state index contributed by atoms with van der Waals surface area (Å²) in [6.07, 6.45) is 0. The lowest BCUT2D eigenvalue weighted by Gasteiger charge is -2.27. The van der Waals surface area contributed by atoms with E-state index in [2.05, 4.69) is 20.8 Å². The van der Waals surface area contributed by atoms with E-state index in [4.69, 9.17) is 4.74 Å². The molecule has 0 radical (unpaired) electrons. The van der Waals surface area contributed by atoms with Crippen molar-refractivity contribution >= 4 is 23.3 Å². The van der Waals surface area contributed by atoms with Crippen molar-refractivity contribution in [3.8, 4) is 0 Å². The highest BCUT2D eigenvalue weighted by molar-refractivity contribution is 5.97. The largest absolute Gasteiger partial charge is 0.457 e. The number of nitrogens with zero attached hydrogens (tertiary/aromatic N) is 5. The quantitative estimate of drug-likeness (QED) is 0.399. The van der Waals surface area contributed by atoms with Gasteiger partial charge in [-0.15, -0.1) is 0 Å². The van der Waals surface area contributed by atoms with Gasteiger partial charge < -0.3 is 10.1 Å². The third-order valence-corrected chi connectivity index (χ3v) is 4.61. The number of nitro groups is 1. The minimum atomic E-state index is -0.613. The third-order valence-electron chi connectivity index (χ3n) is 4.61. The Hall–Kier alpha value is -4.08. The molecule has 29 heavy (non-hydrogen) atoms. The van der Waals surface area contributed by atoms with Gasteiger partial charge in [0.1, 0.15) is 6.61 Å². The zero-order valence-electron chi connectivity index (χ0n) is 15.3. The molecule has 146 valence electrons. The highest BCUT2D eigenvalue weighted by atomic mass is 16.6. The van der Waals surface area contributed by atoms with Gasteiger partial charge in [-0.2, -0.15) is 4.68 Å². The van der Waals surface area contributed by atoms with Crippen LogP contribution in [0.15, 0.2) is 60.2 Å². The smallest absolute Gasteiger partial charge is 0.338 e. The van der Waals surface area contributed by atoms with E-state index in [0.29, 0.717) is 22.8 Å². The van der Waals surface area contributed by atoms with Gasteiger partial charge in [-0.25, -0.2) is 4.79 Å². The van der Waals surface area contributed by atoms with Crippen LogP contribution in [0.3, 0.4) is 0 Å². The number of hydrogen-bond donors (Lipinski definition) is 1. The highest BCUT2D eigenvalue weighted by Crippen LogP contribution is 2.35. The summed E-state index contributed by atoms with van der Waals surface area (Å²) in [4.78, 5) is 23.4. The summed E-state index contributed by atoms with van der Waals surface area (Å²) in [6.45, 7) is 1.84. The van der Waals surface area contributed by atoms with Crippen LogP contribution in [0.4, 0.5) is 11.6 Å².